The van der Waals surface area contributed by atoms with E-state index in [4.69, 9.17) is 4.98 Å². The number of fused-ring (bicyclic) bond motifs is 2. The first-order chi connectivity index (χ1) is 12.8. The number of imidazole rings is 1. The van der Waals surface area contributed by atoms with Crippen LogP contribution in [0.3, 0.4) is 0 Å². The van der Waals surface area contributed by atoms with E-state index in [1.54, 1.807) is 6.07 Å². The third-order valence-electron chi connectivity index (χ3n) is 5.26. The molecule has 1 atom stereocenters. The van der Waals surface area contributed by atoms with E-state index in [1.165, 1.54) is 28.1 Å². The van der Waals surface area contributed by atoms with Gasteiger partial charge in [-0.15, -0.1) is 0 Å². The molecule has 0 bridgehead atoms. The van der Waals surface area contributed by atoms with Gasteiger partial charge in [-0.25, -0.2) is 4.98 Å². The van der Waals surface area contributed by atoms with E-state index in [-0.39, 0.29) is 5.95 Å². The molecule has 0 saturated heterocycles. The summed E-state index contributed by atoms with van der Waals surface area (Å²) in [5.74, 6) is -0.272. The number of aromatic nitrogens is 3. The minimum Gasteiger partial charge on any atom is -0.289 e. The van der Waals surface area contributed by atoms with Crippen molar-refractivity contribution in [2.75, 3.05) is 6.54 Å². The van der Waals surface area contributed by atoms with Gasteiger partial charge in [0.1, 0.15) is 5.65 Å². The molecule has 4 rings (SSSR count). The lowest BCUT2D eigenvalue weighted by Gasteiger charge is -2.34. The van der Waals surface area contributed by atoms with Crippen LogP contribution in [0.1, 0.15) is 55.6 Å². The van der Waals surface area contributed by atoms with Gasteiger partial charge in [0.25, 0.3) is 0 Å². The number of unbranched alkanes of at least 4 members (excludes halogenated alkanes) is 1. The Morgan fingerprint density at radius 3 is 3.04 bits per heavy atom. The average Bonchev–Trinajstić information content (AvgIpc) is 3.09. The maximum Gasteiger partial charge on any atom is 0.199 e. The first kappa shape index (κ1) is 17.2. The van der Waals surface area contributed by atoms with Crippen LogP contribution < -0.4 is 0 Å². The summed E-state index contributed by atoms with van der Waals surface area (Å²) < 4.78 is 15.5. The summed E-state index contributed by atoms with van der Waals surface area (Å²) in [6.07, 6.45) is 9.43. The zero-order valence-electron chi connectivity index (χ0n) is 15.2. The number of hydrogen-bond acceptors (Lipinski definition) is 3. The van der Waals surface area contributed by atoms with Crippen LogP contribution in [0.4, 0.5) is 4.39 Å². The molecule has 1 aliphatic rings. The van der Waals surface area contributed by atoms with Crippen LogP contribution in [0.25, 0.3) is 5.65 Å². The molecule has 1 unspecified atom stereocenters. The number of aryl methyl sites for hydroxylation is 1. The van der Waals surface area contributed by atoms with E-state index in [1.807, 2.05) is 24.5 Å². The average molecular weight is 352 g/mol. The SMILES string of the molecule is CCCCN(Cc1cn2c(F)cccc2n1)C1CCCc2cccnc21. The predicted molar refractivity (Wildman–Crippen MR) is 100 cm³/mol. The molecule has 0 N–H and O–H groups in total. The normalized spacial score (nSPS) is 17.0. The third-order valence-corrected chi connectivity index (χ3v) is 5.26. The second-order valence-corrected chi connectivity index (χ2v) is 7.09. The molecule has 5 heteroatoms. The van der Waals surface area contributed by atoms with Gasteiger partial charge >= 0.3 is 0 Å². The van der Waals surface area contributed by atoms with Crippen LogP contribution >= 0.6 is 0 Å². The number of rotatable bonds is 6. The Balaban J connectivity index is 1.64. The molecule has 3 aromatic heterocycles. The lowest BCUT2D eigenvalue weighted by atomic mass is 9.90. The number of hydrogen-bond donors (Lipinski definition) is 0. The van der Waals surface area contributed by atoms with E-state index in [0.717, 1.165) is 44.5 Å². The molecule has 0 aliphatic heterocycles. The largest absolute Gasteiger partial charge is 0.289 e. The number of halogens is 1. The van der Waals surface area contributed by atoms with Crippen molar-refractivity contribution < 1.29 is 4.39 Å². The number of nitrogens with zero attached hydrogens (tertiary/aromatic N) is 4. The highest BCUT2D eigenvalue weighted by Gasteiger charge is 2.27. The van der Waals surface area contributed by atoms with Gasteiger partial charge in [-0.3, -0.25) is 14.3 Å². The molecule has 0 spiro atoms. The van der Waals surface area contributed by atoms with Crippen LogP contribution in [0.15, 0.2) is 42.7 Å². The van der Waals surface area contributed by atoms with Crippen molar-refractivity contribution in [2.24, 2.45) is 0 Å². The Hall–Kier alpha value is -2.27. The topological polar surface area (TPSA) is 33.4 Å². The van der Waals surface area contributed by atoms with E-state index in [9.17, 15) is 4.39 Å². The Bertz CT molecular complexity index is 889. The second kappa shape index (κ2) is 7.54. The summed E-state index contributed by atoms with van der Waals surface area (Å²) in [6.45, 7) is 3.95. The summed E-state index contributed by atoms with van der Waals surface area (Å²) in [6, 6.07) is 9.57. The Kier molecular flexibility index (Phi) is 4.98. The molecule has 0 aromatic carbocycles. The summed E-state index contributed by atoms with van der Waals surface area (Å²) in [7, 11) is 0. The first-order valence-electron chi connectivity index (χ1n) is 9.56. The Morgan fingerprint density at radius 2 is 2.19 bits per heavy atom. The minimum atomic E-state index is -0.272. The van der Waals surface area contributed by atoms with E-state index >= 15 is 0 Å². The Labute approximate surface area is 153 Å². The quantitative estimate of drug-likeness (QED) is 0.610. The van der Waals surface area contributed by atoms with Gasteiger partial charge < -0.3 is 0 Å². The highest BCUT2D eigenvalue weighted by Crippen LogP contribution is 2.33. The van der Waals surface area contributed by atoms with Crippen LogP contribution in [0.5, 0.6) is 0 Å². The van der Waals surface area contributed by atoms with Crippen molar-refractivity contribution >= 4 is 5.65 Å². The third kappa shape index (κ3) is 3.36. The van der Waals surface area contributed by atoms with E-state index in [2.05, 4.69) is 22.9 Å². The van der Waals surface area contributed by atoms with Crippen molar-refractivity contribution in [2.45, 2.75) is 51.6 Å². The van der Waals surface area contributed by atoms with Crippen molar-refractivity contribution in [1.29, 1.82) is 0 Å². The lowest BCUT2D eigenvalue weighted by Crippen LogP contribution is -2.32. The van der Waals surface area contributed by atoms with Gasteiger partial charge in [0.05, 0.1) is 17.4 Å². The first-order valence-corrected chi connectivity index (χ1v) is 9.56. The fraction of sp³-hybridized carbons (Fsp3) is 0.429. The molecule has 0 amide bonds. The summed E-state index contributed by atoms with van der Waals surface area (Å²) >= 11 is 0. The summed E-state index contributed by atoms with van der Waals surface area (Å²) in [5.41, 5.74) is 4.16. The molecular formula is C21H25FN4. The van der Waals surface area contributed by atoms with E-state index in [0.29, 0.717) is 11.7 Å². The van der Waals surface area contributed by atoms with Crippen LogP contribution in [0, 0.1) is 5.95 Å². The van der Waals surface area contributed by atoms with Crippen molar-refractivity contribution in [3.63, 3.8) is 0 Å². The van der Waals surface area contributed by atoms with E-state index < -0.39 is 0 Å². The maximum atomic E-state index is 14.0. The second-order valence-electron chi connectivity index (χ2n) is 7.09. The molecule has 3 heterocycles. The summed E-state index contributed by atoms with van der Waals surface area (Å²) in [5, 5.41) is 0. The molecular weight excluding hydrogens is 327 g/mol. The zero-order chi connectivity index (χ0) is 17.9. The highest BCUT2D eigenvalue weighted by atomic mass is 19.1. The van der Waals surface area contributed by atoms with Gasteiger partial charge in [0, 0.05) is 18.9 Å². The van der Waals surface area contributed by atoms with Gasteiger partial charge in [0.15, 0.2) is 5.95 Å². The fourth-order valence-corrected chi connectivity index (χ4v) is 3.96. The minimum absolute atomic E-state index is 0.272. The smallest absolute Gasteiger partial charge is 0.199 e. The maximum absolute atomic E-state index is 14.0. The van der Waals surface area contributed by atoms with Crippen molar-refractivity contribution in [1.82, 2.24) is 19.3 Å². The lowest BCUT2D eigenvalue weighted by molar-refractivity contribution is 0.161. The van der Waals surface area contributed by atoms with Crippen LogP contribution in [0.2, 0.25) is 0 Å². The molecule has 136 valence electrons. The zero-order valence-corrected chi connectivity index (χ0v) is 15.2. The highest BCUT2D eigenvalue weighted by molar-refractivity contribution is 5.39. The molecule has 0 saturated carbocycles. The molecule has 0 fully saturated rings. The predicted octanol–water partition coefficient (Wildman–Crippen LogP) is 4.55. The van der Waals surface area contributed by atoms with Crippen molar-refractivity contribution in [3.05, 3.63) is 65.6 Å². The molecule has 0 radical (unpaired) electrons. The standard InChI is InChI=1S/C21H25FN4/c1-2-3-13-25(18-9-4-7-16-8-6-12-23-21(16)18)14-17-15-26-19(22)10-5-11-20(26)24-17/h5-6,8,10-12,15,18H,2-4,7,9,13-14H2,1H3. The molecule has 1 aliphatic carbocycles. The molecule has 4 nitrogen and oxygen atoms in total. The molecule has 26 heavy (non-hydrogen) atoms. The van der Waals surface area contributed by atoms with Crippen LogP contribution in [-0.4, -0.2) is 25.8 Å². The van der Waals surface area contributed by atoms with Crippen molar-refractivity contribution in [3.8, 4) is 0 Å². The van der Waals surface area contributed by atoms with Crippen LogP contribution in [-0.2, 0) is 13.0 Å². The number of pyridine rings is 2. The van der Waals surface area contributed by atoms with Gasteiger partial charge in [-0.1, -0.05) is 25.5 Å². The van der Waals surface area contributed by atoms with Gasteiger partial charge in [0.2, 0.25) is 0 Å². The summed E-state index contributed by atoms with van der Waals surface area (Å²) in [4.78, 5) is 11.8. The molecule has 3 aromatic rings. The fourth-order valence-electron chi connectivity index (χ4n) is 3.96. The monoisotopic (exact) mass is 352 g/mol. The Morgan fingerprint density at radius 1 is 1.27 bits per heavy atom. The van der Waals surface area contributed by atoms with Gasteiger partial charge in [-0.05, 0) is 56.0 Å². The van der Waals surface area contributed by atoms with Gasteiger partial charge in [-0.2, -0.15) is 4.39 Å².